The number of thiocarbonyl (C=S) groups is 1. The Labute approximate surface area is 106 Å². The smallest absolute Gasteiger partial charge is 0.239 e. The molecule has 7 heteroatoms. The second kappa shape index (κ2) is 5.83. The first-order chi connectivity index (χ1) is 7.93. The van der Waals surface area contributed by atoms with Crippen molar-refractivity contribution in [2.24, 2.45) is 5.73 Å². The summed E-state index contributed by atoms with van der Waals surface area (Å²) in [7, 11) is -3.54. The highest BCUT2D eigenvalue weighted by atomic mass is 32.2. The predicted octanol–water partition coefficient (Wildman–Crippen LogP) is 1.11. The van der Waals surface area contributed by atoms with Gasteiger partial charge in [-0.3, -0.25) is 4.72 Å². The number of nitrogens with one attached hydrogen (secondary N) is 1. The molecule has 1 aromatic rings. The van der Waals surface area contributed by atoms with E-state index < -0.39 is 10.0 Å². The van der Waals surface area contributed by atoms with E-state index in [4.69, 9.17) is 10.5 Å². The van der Waals surface area contributed by atoms with Crippen LogP contribution in [-0.4, -0.2) is 25.8 Å². The number of benzene rings is 1. The molecule has 0 spiro atoms. The minimum Gasteiger partial charge on any atom is -0.494 e. The first-order valence-electron chi connectivity index (χ1n) is 4.94. The molecule has 1 rings (SSSR count). The summed E-state index contributed by atoms with van der Waals surface area (Å²) in [6.07, 6.45) is 0. The third-order valence-electron chi connectivity index (χ3n) is 1.75. The van der Waals surface area contributed by atoms with Crippen molar-refractivity contribution >= 4 is 32.9 Å². The highest BCUT2D eigenvalue weighted by molar-refractivity contribution is 7.95. The Balaban J connectivity index is 2.81. The third kappa shape index (κ3) is 5.01. The molecule has 0 heterocycles. The van der Waals surface area contributed by atoms with Gasteiger partial charge in [0, 0.05) is 6.07 Å². The van der Waals surface area contributed by atoms with Gasteiger partial charge in [0.25, 0.3) is 0 Å². The van der Waals surface area contributed by atoms with E-state index in [-0.39, 0.29) is 10.7 Å². The molecule has 17 heavy (non-hydrogen) atoms. The molecule has 0 amide bonds. The number of anilines is 1. The number of rotatable bonds is 6. The van der Waals surface area contributed by atoms with Crippen molar-refractivity contribution in [3.63, 3.8) is 0 Å². The van der Waals surface area contributed by atoms with Gasteiger partial charge in [0.1, 0.15) is 11.5 Å². The fourth-order valence-corrected chi connectivity index (χ4v) is 2.62. The molecule has 0 radical (unpaired) electrons. The number of hydrogen-bond donors (Lipinski definition) is 2. The Hall–Kier alpha value is -1.34. The zero-order chi connectivity index (χ0) is 12.9. The molecule has 0 atom stereocenters. The van der Waals surface area contributed by atoms with Crippen LogP contribution in [0.5, 0.6) is 5.75 Å². The summed E-state index contributed by atoms with van der Waals surface area (Å²) in [5.41, 5.74) is 5.62. The molecular weight excluding hydrogens is 260 g/mol. The van der Waals surface area contributed by atoms with E-state index in [2.05, 4.69) is 16.9 Å². The molecule has 3 N–H and O–H groups in total. The largest absolute Gasteiger partial charge is 0.494 e. The van der Waals surface area contributed by atoms with Crippen molar-refractivity contribution < 1.29 is 13.2 Å². The van der Waals surface area contributed by atoms with Crippen molar-refractivity contribution in [1.82, 2.24) is 0 Å². The maximum Gasteiger partial charge on any atom is 0.239 e. The minimum atomic E-state index is -3.54. The number of hydrogen-bond acceptors (Lipinski definition) is 4. The quantitative estimate of drug-likeness (QED) is 0.760. The lowest BCUT2D eigenvalue weighted by Gasteiger charge is -2.09. The van der Waals surface area contributed by atoms with Gasteiger partial charge in [0.15, 0.2) is 0 Å². The van der Waals surface area contributed by atoms with Crippen LogP contribution in [-0.2, 0) is 10.0 Å². The van der Waals surface area contributed by atoms with Gasteiger partial charge in [-0.05, 0) is 19.1 Å². The van der Waals surface area contributed by atoms with Crippen LogP contribution in [0.3, 0.4) is 0 Å². The van der Waals surface area contributed by atoms with Crippen molar-refractivity contribution in [2.45, 2.75) is 6.92 Å². The molecule has 5 nitrogen and oxygen atoms in total. The number of ether oxygens (including phenoxy) is 1. The summed E-state index contributed by atoms with van der Waals surface area (Å²) in [5, 5.41) is 0. The lowest BCUT2D eigenvalue weighted by atomic mass is 10.3. The van der Waals surface area contributed by atoms with E-state index in [0.717, 1.165) is 0 Å². The first-order valence-corrected chi connectivity index (χ1v) is 7.00. The van der Waals surface area contributed by atoms with E-state index in [1.807, 2.05) is 6.92 Å². The number of nitrogens with two attached hydrogens (primary N) is 1. The van der Waals surface area contributed by atoms with Gasteiger partial charge in [-0.15, -0.1) is 0 Å². The SMILES string of the molecule is CCOc1cccc(NS(=O)(=O)CC(N)=S)c1. The molecule has 0 aliphatic carbocycles. The summed E-state index contributed by atoms with van der Waals surface area (Å²) < 4.78 is 30.8. The summed E-state index contributed by atoms with van der Waals surface area (Å²) in [4.78, 5) is -0.0709. The standard InChI is InChI=1S/C10H14N2O3S2/c1-2-15-9-5-3-4-8(6-9)12-17(13,14)7-10(11)16/h3-6,12H,2,7H2,1H3,(H2,11,16). The molecule has 0 aliphatic rings. The minimum absolute atomic E-state index is 0.0709. The normalized spacial score (nSPS) is 10.9. The Morgan fingerprint density at radius 3 is 2.82 bits per heavy atom. The Bertz CT molecular complexity index is 500. The van der Waals surface area contributed by atoms with E-state index in [1.165, 1.54) is 0 Å². The Morgan fingerprint density at radius 1 is 1.53 bits per heavy atom. The van der Waals surface area contributed by atoms with Gasteiger partial charge in [0.2, 0.25) is 10.0 Å². The number of sulfonamides is 1. The molecule has 0 aromatic heterocycles. The molecule has 0 bridgehead atoms. The molecular formula is C10H14N2O3S2. The van der Waals surface area contributed by atoms with Crippen molar-refractivity contribution in [3.8, 4) is 5.75 Å². The lowest BCUT2D eigenvalue weighted by Crippen LogP contribution is -2.26. The average molecular weight is 274 g/mol. The van der Waals surface area contributed by atoms with Gasteiger partial charge < -0.3 is 10.5 Å². The molecule has 0 saturated heterocycles. The first kappa shape index (κ1) is 13.7. The second-order valence-corrected chi connectivity index (χ2v) is 5.53. The van der Waals surface area contributed by atoms with Gasteiger partial charge in [0.05, 0.1) is 17.3 Å². The Morgan fingerprint density at radius 2 is 2.24 bits per heavy atom. The van der Waals surface area contributed by atoms with Gasteiger partial charge in [-0.1, -0.05) is 18.3 Å². The molecule has 0 fully saturated rings. The van der Waals surface area contributed by atoms with Crippen LogP contribution in [0.4, 0.5) is 5.69 Å². The summed E-state index contributed by atoms with van der Waals surface area (Å²) in [6.45, 7) is 2.37. The van der Waals surface area contributed by atoms with Crippen molar-refractivity contribution in [3.05, 3.63) is 24.3 Å². The summed E-state index contributed by atoms with van der Waals surface area (Å²) >= 11 is 4.56. The summed E-state index contributed by atoms with van der Waals surface area (Å²) in [5.74, 6) is 0.226. The van der Waals surface area contributed by atoms with Crippen LogP contribution in [0.1, 0.15) is 6.92 Å². The molecule has 0 aliphatic heterocycles. The molecule has 1 aromatic carbocycles. The van der Waals surface area contributed by atoms with Crippen LogP contribution < -0.4 is 15.2 Å². The Kier molecular flexibility index (Phi) is 4.71. The maximum absolute atomic E-state index is 11.6. The second-order valence-electron chi connectivity index (χ2n) is 3.29. The summed E-state index contributed by atoms with van der Waals surface area (Å²) in [6, 6.07) is 6.67. The average Bonchev–Trinajstić information content (AvgIpc) is 2.15. The third-order valence-corrected chi connectivity index (χ3v) is 3.32. The van der Waals surface area contributed by atoms with E-state index in [0.29, 0.717) is 18.0 Å². The zero-order valence-electron chi connectivity index (χ0n) is 9.34. The van der Waals surface area contributed by atoms with E-state index in [1.54, 1.807) is 24.3 Å². The van der Waals surface area contributed by atoms with Gasteiger partial charge in [-0.25, -0.2) is 8.42 Å². The van der Waals surface area contributed by atoms with Crippen molar-refractivity contribution in [2.75, 3.05) is 17.1 Å². The van der Waals surface area contributed by atoms with Crippen LogP contribution in [0, 0.1) is 0 Å². The van der Waals surface area contributed by atoms with Crippen LogP contribution in [0.15, 0.2) is 24.3 Å². The molecule has 0 saturated carbocycles. The fourth-order valence-electron chi connectivity index (χ4n) is 1.22. The highest BCUT2D eigenvalue weighted by Crippen LogP contribution is 2.18. The lowest BCUT2D eigenvalue weighted by molar-refractivity contribution is 0.340. The zero-order valence-corrected chi connectivity index (χ0v) is 11.0. The van der Waals surface area contributed by atoms with Crippen LogP contribution in [0.2, 0.25) is 0 Å². The molecule has 0 unspecified atom stereocenters. The topological polar surface area (TPSA) is 81.4 Å². The monoisotopic (exact) mass is 274 g/mol. The van der Waals surface area contributed by atoms with Crippen molar-refractivity contribution in [1.29, 1.82) is 0 Å². The van der Waals surface area contributed by atoms with Crippen LogP contribution >= 0.6 is 12.2 Å². The van der Waals surface area contributed by atoms with Gasteiger partial charge >= 0.3 is 0 Å². The predicted molar refractivity (Wildman–Crippen MR) is 71.8 cm³/mol. The molecule has 94 valence electrons. The van der Waals surface area contributed by atoms with E-state index in [9.17, 15) is 8.42 Å². The maximum atomic E-state index is 11.6. The van der Waals surface area contributed by atoms with E-state index >= 15 is 0 Å². The van der Waals surface area contributed by atoms with Gasteiger partial charge in [-0.2, -0.15) is 0 Å². The van der Waals surface area contributed by atoms with Crippen LogP contribution in [0.25, 0.3) is 0 Å². The fraction of sp³-hybridized carbons (Fsp3) is 0.300. The highest BCUT2D eigenvalue weighted by Gasteiger charge is 2.12.